The Hall–Kier alpha value is -0.0400. The van der Waals surface area contributed by atoms with E-state index in [1.807, 2.05) is 0 Å². The molecular formula is C15H29N. The Labute approximate surface area is 101 Å². The zero-order chi connectivity index (χ0) is 11.4. The summed E-state index contributed by atoms with van der Waals surface area (Å²) in [5.41, 5.74) is 0. The summed E-state index contributed by atoms with van der Waals surface area (Å²) in [6, 6.07) is 0.806. The van der Waals surface area contributed by atoms with Crippen molar-refractivity contribution in [3.8, 4) is 0 Å². The Bertz CT molecular complexity index is 192. The predicted octanol–water partition coefficient (Wildman–Crippen LogP) is 3.98. The maximum Gasteiger partial charge on any atom is 0.00978 e. The number of hydrogen-bond acceptors (Lipinski definition) is 1. The van der Waals surface area contributed by atoms with Crippen LogP contribution >= 0.6 is 0 Å². The van der Waals surface area contributed by atoms with Gasteiger partial charge in [0.25, 0.3) is 0 Å². The van der Waals surface area contributed by atoms with Crippen LogP contribution in [0.15, 0.2) is 0 Å². The van der Waals surface area contributed by atoms with Gasteiger partial charge in [0.2, 0.25) is 0 Å². The van der Waals surface area contributed by atoms with Crippen LogP contribution in [0.4, 0.5) is 0 Å². The van der Waals surface area contributed by atoms with Gasteiger partial charge in [0.1, 0.15) is 0 Å². The van der Waals surface area contributed by atoms with E-state index in [-0.39, 0.29) is 0 Å². The van der Waals surface area contributed by atoms with Gasteiger partial charge in [-0.25, -0.2) is 0 Å². The molecule has 16 heavy (non-hydrogen) atoms. The number of hydrogen-bond donors (Lipinski definition) is 1. The van der Waals surface area contributed by atoms with Crippen LogP contribution < -0.4 is 5.32 Å². The van der Waals surface area contributed by atoms with Gasteiger partial charge >= 0.3 is 0 Å². The first-order valence-corrected chi connectivity index (χ1v) is 7.54. The van der Waals surface area contributed by atoms with Gasteiger partial charge in [0, 0.05) is 6.04 Å². The molecule has 0 aromatic carbocycles. The smallest absolute Gasteiger partial charge is 0.00978 e. The lowest BCUT2D eigenvalue weighted by Gasteiger charge is -2.31. The second-order valence-electron chi connectivity index (χ2n) is 6.10. The Morgan fingerprint density at radius 3 is 2.31 bits per heavy atom. The van der Waals surface area contributed by atoms with Gasteiger partial charge < -0.3 is 5.32 Å². The molecular weight excluding hydrogens is 194 g/mol. The van der Waals surface area contributed by atoms with Crippen molar-refractivity contribution in [2.45, 2.75) is 71.3 Å². The summed E-state index contributed by atoms with van der Waals surface area (Å²) in [6.45, 7) is 5.88. The third-order valence-electron chi connectivity index (χ3n) is 4.78. The lowest BCUT2D eigenvalue weighted by atomic mass is 9.81. The lowest BCUT2D eigenvalue weighted by molar-refractivity contribution is 0.246. The molecule has 1 heteroatoms. The highest BCUT2D eigenvalue weighted by molar-refractivity contribution is 4.88. The third-order valence-corrected chi connectivity index (χ3v) is 4.78. The fourth-order valence-corrected chi connectivity index (χ4v) is 3.48. The van der Waals surface area contributed by atoms with Crippen LogP contribution in [-0.2, 0) is 0 Å². The quantitative estimate of drug-likeness (QED) is 0.718. The number of rotatable bonds is 6. The lowest BCUT2D eigenvalue weighted by Crippen LogP contribution is -2.37. The first-order chi connectivity index (χ1) is 7.81. The van der Waals surface area contributed by atoms with E-state index in [0.717, 1.165) is 30.3 Å². The van der Waals surface area contributed by atoms with E-state index in [0.29, 0.717) is 0 Å². The molecule has 1 nitrogen and oxygen atoms in total. The molecule has 0 amide bonds. The molecule has 2 fully saturated rings. The summed E-state index contributed by atoms with van der Waals surface area (Å²) in [4.78, 5) is 0. The highest BCUT2D eigenvalue weighted by Crippen LogP contribution is 2.40. The van der Waals surface area contributed by atoms with Gasteiger partial charge in [0.15, 0.2) is 0 Å². The summed E-state index contributed by atoms with van der Waals surface area (Å²) in [7, 11) is 0. The summed E-state index contributed by atoms with van der Waals surface area (Å²) in [5.74, 6) is 2.99. The fraction of sp³-hybridized carbons (Fsp3) is 1.00. The van der Waals surface area contributed by atoms with Crippen LogP contribution in [0.2, 0.25) is 0 Å². The first kappa shape index (κ1) is 12.4. The molecule has 0 aromatic heterocycles. The normalized spacial score (nSPS) is 26.6. The van der Waals surface area contributed by atoms with Crippen molar-refractivity contribution < 1.29 is 0 Å². The third kappa shape index (κ3) is 3.48. The Morgan fingerprint density at radius 2 is 1.75 bits per heavy atom. The van der Waals surface area contributed by atoms with Crippen LogP contribution in [0.3, 0.4) is 0 Å². The van der Waals surface area contributed by atoms with Crippen LogP contribution in [0.25, 0.3) is 0 Å². The monoisotopic (exact) mass is 223 g/mol. The predicted molar refractivity (Wildman–Crippen MR) is 70.5 cm³/mol. The highest BCUT2D eigenvalue weighted by atomic mass is 14.9. The average molecular weight is 223 g/mol. The summed E-state index contributed by atoms with van der Waals surface area (Å²) >= 11 is 0. The summed E-state index contributed by atoms with van der Waals surface area (Å²) in [6.07, 6.45) is 11.9. The summed E-state index contributed by atoms with van der Waals surface area (Å²) < 4.78 is 0. The molecule has 0 heterocycles. The standard InChI is InChI=1S/C15H29N/c1-3-16-15(12(2)14-9-10-14)11-13-7-5-4-6-8-13/h12-16H,3-11H2,1-2H3. The maximum absolute atomic E-state index is 3.75. The Balaban J connectivity index is 1.80. The Kier molecular flexibility index (Phi) is 4.69. The van der Waals surface area contributed by atoms with Crippen molar-refractivity contribution in [2.24, 2.45) is 17.8 Å². The molecule has 0 saturated heterocycles. The zero-order valence-electron chi connectivity index (χ0n) is 11.2. The molecule has 94 valence electrons. The van der Waals surface area contributed by atoms with Gasteiger partial charge in [-0.2, -0.15) is 0 Å². The van der Waals surface area contributed by atoms with E-state index in [4.69, 9.17) is 0 Å². The van der Waals surface area contributed by atoms with Crippen molar-refractivity contribution in [3.63, 3.8) is 0 Å². The molecule has 2 saturated carbocycles. The van der Waals surface area contributed by atoms with Crippen LogP contribution in [0, 0.1) is 17.8 Å². The van der Waals surface area contributed by atoms with Gasteiger partial charge in [-0.05, 0) is 43.6 Å². The molecule has 2 atom stereocenters. The van der Waals surface area contributed by atoms with Crippen LogP contribution in [-0.4, -0.2) is 12.6 Å². The molecule has 0 spiro atoms. The SMILES string of the molecule is CCNC(CC1CCCCC1)C(C)C1CC1. The number of nitrogens with one attached hydrogen (secondary N) is 1. The maximum atomic E-state index is 3.75. The fourth-order valence-electron chi connectivity index (χ4n) is 3.48. The van der Waals surface area contributed by atoms with E-state index in [2.05, 4.69) is 19.2 Å². The van der Waals surface area contributed by atoms with Crippen molar-refractivity contribution in [1.82, 2.24) is 5.32 Å². The molecule has 0 aromatic rings. The second-order valence-corrected chi connectivity index (χ2v) is 6.10. The van der Waals surface area contributed by atoms with E-state index in [9.17, 15) is 0 Å². The van der Waals surface area contributed by atoms with E-state index < -0.39 is 0 Å². The van der Waals surface area contributed by atoms with E-state index >= 15 is 0 Å². The molecule has 2 aliphatic carbocycles. The molecule has 0 radical (unpaired) electrons. The van der Waals surface area contributed by atoms with Crippen molar-refractivity contribution in [2.75, 3.05) is 6.54 Å². The first-order valence-electron chi connectivity index (χ1n) is 7.54. The van der Waals surface area contributed by atoms with E-state index in [1.54, 1.807) is 0 Å². The van der Waals surface area contributed by atoms with Gasteiger partial charge in [-0.15, -0.1) is 0 Å². The van der Waals surface area contributed by atoms with Crippen molar-refractivity contribution in [3.05, 3.63) is 0 Å². The molecule has 2 aliphatic rings. The van der Waals surface area contributed by atoms with Crippen molar-refractivity contribution in [1.29, 1.82) is 0 Å². The largest absolute Gasteiger partial charge is 0.314 e. The molecule has 2 rings (SSSR count). The topological polar surface area (TPSA) is 12.0 Å². The second kappa shape index (κ2) is 6.05. The summed E-state index contributed by atoms with van der Waals surface area (Å²) in [5, 5.41) is 3.75. The highest BCUT2D eigenvalue weighted by Gasteiger charge is 2.33. The van der Waals surface area contributed by atoms with Gasteiger partial charge in [-0.1, -0.05) is 46.0 Å². The van der Waals surface area contributed by atoms with Crippen molar-refractivity contribution >= 4 is 0 Å². The van der Waals surface area contributed by atoms with Gasteiger partial charge in [0.05, 0.1) is 0 Å². The molecule has 0 bridgehead atoms. The minimum atomic E-state index is 0.806. The minimum absolute atomic E-state index is 0.806. The van der Waals surface area contributed by atoms with E-state index in [1.165, 1.54) is 51.4 Å². The zero-order valence-corrected chi connectivity index (χ0v) is 11.2. The van der Waals surface area contributed by atoms with Crippen LogP contribution in [0.5, 0.6) is 0 Å². The molecule has 2 unspecified atom stereocenters. The molecule has 0 aliphatic heterocycles. The van der Waals surface area contributed by atoms with Crippen LogP contribution in [0.1, 0.15) is 65.2 Å². The molecule has 1 N–H and O–H groups in total. The minimum Gasteiger partial charge on any atom is -0.314 e. The van der Waals surface area contributed by atoms with Gasteiger partial charge in [-0.3, -0.25) is 0 Å². The Morgan fingerprint density at radius 1 is 1.06 bits per heavy atom. The average Bonchev–Trinajstić information content (AvgIpc) is 3.13.